The Morgan fingerprint density at radius 3 is 2.28 bits per heavy atom. The summed E-state index contributed by atoms with van der Waals surface area (Å²) in [5, 5.41) is 18.2. The average Bonchev–Trinajstić information content (AvgIpc) is 2.26. The summed E-state index contributed by atoms with van der Waals surface area (Å²) < 4.78 is 4.97. The maximum Gasteiger partial charge on any atom is 0.352 e. The first kappa shape index (κ1) is 13.7. The van der Waals surface area contributed by atoms with Crippen molar-refractivity contribution >= 4 is 17.5 Å². The molecule has 0 saturated carbocycles. The first-order chi connectivity index (χ1) is 8.32. The SMILES string of the molecule is CC(=O)c1cc(OC(C(C)=O)C(=O)O)ccc1O. The molecular weight excluding hydrogens is 240 g/mol. The van der Waals surface area contributed by atoms with E-state index in [-0.39, 0.29) is 17.1 Å². The number of carboxylic acid groups (broad SMARTS) is 1. The van der Waals surface area contributed by atoms with Crippen LogP contribution in [0.4, 0.5) is 0 Å². The minimum atomic E-state index is -1.63. The van der Waals surface area contributed by atoms with Gasteiger partial charge in [0.15, 0.2) is 11.6 Å². The second-order valence-corrected chi connectivity index (χ2v) is 3.68. The van der Waals surface area contributed by atoms with E-state index in [0.29, 0.717) is 0 Å². The summed E-state index contributed by atoms with van der Waals surface area (Å²) in [4.78, 5) is 33.0. The Kier molecular flexibility index (Phi) is 4.04. The molecule has 0 saturated heterocycles. The Morgan fingerprint density at radius 1 is 1.22 bits per heavy atom. The second kappa shape index (κ2) is 5.31. The van der Waals surface area contributed by atoms with Crippen LogP contribution in [-0.4, -0.2) is 33.9 Å². The normalized spacial score (nSPS) is 11.7. The fraction of sp³-hybridized carbons (Fsp3) is 0.250. The Bertz CT molecular complexity index is 491. The van der Waals surface area contributed by atoms with Crippen LogP contribution in [0.2, 0.25) is 0 Å². The largest absolute Gasteiger partial charge is 0.507 e. The van der Waals surface area contributed by atoms with Crippen molar-refractivity contribution < 1.29 is 29.3 Å². The van der Waals surface area contributed by atoms with Crippen molar-refractivity contribution in [3.05, 3.63) is 23.8 Å². The molecule has 2 N–H and O–H groups in total. The van der Waals surface area contributed by atoms with Gasteiger partial charge in [-0.15, -0.1) is 0 Å². The number of ether oxygens (including phenoxy) is 1. The number of carbonyl (C=O) groups is 3. The van der Waals surface area contributed by atoms with E-state index in [1.165, 1.54) is 25.1 Å². The second-order valence-electron chi connectivity index (χ2n) is 3.68. The third-order valence-corrected chi connectivity index (χ3v) is 2.19. The average molecular weight is 252 g/mol. The number of rotatable bonds is 5. The molecule has 96 valence electrons. The maximum absolute atomic E-state index is 11.2. The Labute approximate surface area is 103 Å². The zero-order valence-electron chi connectivity index (χ0n) is 9.84. The number of phenols is 1. The van der Waals surface area contributed by atoms with E-state index < -0.39 is 23.6 Å². The van der Waals surface area contributed by atoms with Crippen LogP contribution in [0, 0.1) is 0 Å². The molecule has 18 heavy (non-hydrogen) atoms. The highest BCUT2D eigenvalue weighted by atomic mass is 16.5. The van der Waals surface area contributed by atoms with Crippen molar-refractivity contribution in [2.75, 3.05) is 0 Å². The molecule has 1 aromatic carbocycles. The number of Topliss-reactive ketones (excluding diaryl/α,β-unsaturated/α-hetero) is 2. The van der Waals surface area contributed by atoms with Gasteiger partial charge in [0.25, 0.3) is 6.10 Å². The monoisotopic (exact) mass is 252 g/mol. The lowest BCUT2D eigenvalue weighted by Gasteiger charge is -2.13. The molecule has 6 nitrogen and oxygen atoms in total. The number of hydrogen-bond acceptors (Lipinski definition) is 5. The van der Waals surface area contributed by atoms with Gasteiger partial charge in [-0.05, 0) is 32.0 Å². The Morgan fingerprint density at radius 2 is 1.83 bits per heavy atom. The maximum atomic E-state index is 11.2. The number of carbonyl (C=O) groups excluding carboxylic acids is 2. The molecule has 0 bridgehead atoms. The summed E-state index contributed by atoms with van der Waals surface area (Å²) in [6, 6.07) is 3.67. The number of benzene rings is 1. The van der Waals surface area contributed by atoms with Crippen molar-refractivity contribution in [3.63, 3.8) is 0 Å². The third kappa shape index (κ3) is 3.07. The molecule has 1 unspecified atom stereocenters. The van der Waals surface area contributed by atoms with Crippen LogP contribution in [0.25, 0.3) is 0 Å². The number of phenolic OH excluding ortho intramolecular Hbond substituents is 1. The van der Waals surface area contributed by atoms with Gasteiger partial charge in [-0.25, -0.2) is 4.79 Å². The molecule has 1 aromatic rings. The van der Waals surface area contributed by atoms with Crippen molar-refractivity contribution in [2.45, 2.75) is 20.0 Å². The Hall–Kier alpha value is -2.37. The van der Waals surface area contributed by atoms with E-state index in [0.717, 1.165) is 6.92 Å². The first-order valence-electron chi connectivity index (χ1n) is 5.06. The summed E-state index contributed by atoms with van der Waals surface area (Å²) >= 11 is 0. The van der Waals surface area contributed by atoms with Gasteiger partial charge >= 0.3 is 5.97 Å². The van der Waals surface area contributed by atoms with Gasteiger partial charge in [-0.2, -0.15) is 0 Å². The molecule has 0 aliphatic rings. The summed E-state index contributed by atoms with van der Waals surface area (Å²) in [7, 11) is 0. The van der Waals surface area contributed by atoms with Gasteiger partial charge in [-0.3, -0.25) is 9.59 Å². The molecular formula is C12H12O6. The molecule has 1 rings (SSSR count). The predicted molar refractivity (Wildman–Crippen MR) is 60.8 cm³/mol. The smallest absolute Gasteiger partial charge is 0.352 e. The standard InChI is InChI=1S/C12H12O6/c1-6(13)9-5-8(3-4-10(9)15)18-11(7(2)14)12(16)17/h3-5,11,15H,1-2H3,(H,16,17). The summed E-state index contributed by atoms with van der Waals surface area (Å²) in [5.41, 5.74) is 0.000177. The van der Waals surface area contributed by atoms with Gasteiger partial charge in [0.2, 0.25) is 0 Å². The molecule has 0 fully saturated rings. The van der Waals surface area contributed by atoms with Crippen LogP contribution < -0.4 is 4.74 Å². The Balaban J connectivity index is 3.04. The van der Waals surface area contributed by atoms with Crippen molar-refractivity contribution in [3.8, 4) is 11.5 Å². The summed E-state index contributed by atoms with van der Waals surface area (Å²) in [6.07, 6.45) is -1.63. The van der Waals surface area contributed by atoms with Crippen molar-refractivity contribution in [2.24, 2.45) is 0 Å². The van der Waals surface area contributed by atoms with Gasteiger partial charge < -0.3 is 14.9 Å². The van der Waals surface area contributed by atoms with Crippen LogP contribution >= 0.6 is 0 Å². The van der Waals surface area contributed by atoms with Crippen molar-refractivity contribution in [1.82, 2.24) is 0 Å². The molecule has 6 heteroatoms. The van der Waals surface area contributed by atoms with Crippen LogP contribution in [0.5, 0.6) is 11.5 Å². The minimum Gasteiger partial charge on any atom is -0.507 e. The highest BCUT2D eigenvalue weighted by molar-refractivity contribution is 6.00. The molecule has 0 aliphatic carbocycles. The number of ketones is 2. The lowest BCUT2D eigenvalue weighted by atomic mass is 10.1. The zero-order chi connectivity index (χ0) is 13.9. The lowest BCUT2D eigenvalue weighted by molar-refractivity contribution is -0.149. The quantitative estimate of drug-likeness (QED) is 0.599. The lowest BCUT2D eigenvalue weighted by Crippen LogP contribution is -2.33. The molecule has 0 amide bonds. The summed E-state index contributed by atoms with van der Waals surface area (Å²) in [5.74, 6) is -2.68. The highest BCUT2D eigenvalue weighted by Crippen LogP contribution is 2.24. The van der Waals surface area contributed by atoms with Gasteiger partial charge in [-0.1, -0.05) is 0 Å². The number of carboxylic acids is 1. The van der Waals surface area contributed by atoms with Crippen molar-refractivity contribution in [1.29, 1.82) is 0 Å². The van der Waals surface area contributed by atoms with E-state index in [4.69, 9.17) is 9.84 Å². The van der Waals surface area contributed by atoms with E-state index in [2.05, 4.69) is 0 Å². The van der Waals surface area contributed by atoms with Crippen LogP contribution in [0.3, 0.4) is 0 Å². The topological polar surface area (TPSA) is 101 Å². The van der Waals surface area contributed by atoms with E-state index >= 15 is 0 Å². The fourth-order valence-corrected chi connectivity index (χ4v) is 1.31. The molecule has 1 atom stereocenters. The fourth-order valence-electron chi connectivity index (χ4n) is 1.31. The van der Waals surface area contributed by atoms with Gasteiger partial charge in [0.1, 0.15) is 11.5 Å². The predicted octanol–water partition coefficient (Wildman–Crippen LogP) is 1.02. The number of aliphatic carboxylic acids is 1. The van der Waals surface area contributed by atoms with Gasteiger partial charge in [0, 0.05) is 0 Å². The third-order valence-electron chi connectivity index (χ3n) is 2.19. The molecule has 0 spiro atoms. The number of aromatic hydroxyl groups is 1. The minimum absolute atomic E-state index is 0.000177. The number of hydrogen-bond donors (Lipinski definition) is 2. The van der Waals surface area contributed by atoms with Crippen LogP contribution in [-0.2, 0) is 9.59 Å². The van der Waals surface area contributed by atoms with Crippen LogP contribution in [0.1, 0.15) is 24.2 Å². The zero-order valence-corrected chi connectivity index (χ0v) is 9.84. The van der Waals surface area contributed by atoms with E-state index in [1.54, 1.807) is 0 Å². The first-order valence-corrected chi connectivity index (χ1v) is 5.06. The molecule has 0 aliphatic heterocycles. The van der Waals surface area contributed by atoms with Gasteiger partial charge in [0.05, 0.1) is 5.56 Å². The molecule has 0 heterocycles. The molecule has 0 radical (unpaired) electrons. The highest BCUT2D eigenvalue weighted by Gasteiger charge is 2.25. The molecule has 0 aromatic heterocycles. The summed E-state index contributed by atoms with van der Waals surface area (Å²) in [6.45, 7) is 2.34. The van der Waals surface area contributed by atoms with Crippen LogP contribution in [0.15, 0.2) is 18.2 Å². The van der Waals surface area contributed by atoms with E-state index in [1.807, 2.05) is 0 Å². The van der Waals surface area contributed by atoms with E-state index in [9.17, 15) is 19.5 Å².